The molecule has 0 bridgehead atoms. The molecule has 0 fully saturated rings. The van der Waals surface area contributed by atoms with E-state index < -0.39 is 0 Å². The Morgan fingerprint density at radius 1 is 1.45 bits per heavy atom. The number of para-hydroxylation sites is 1. The summed E-state index contributed by atoms with van der Waals surface area (Å²) in [5, 5.41) is 11.9. The normalized spacial score (nSPS) is 10.8. The largest absolute Gasteiger partial charge is 0.493 e. The van der Waals surface area contributed by atoms with Gasteiger partial charge < -0.3 is 9.15 Å². The first kappa shape index (κ1) is 14.9. The predicted molar refractivity (Wildman–Crippen MR) is 87.0 cm³/mol. The Morgan fingerprint density at radius 3 is 3.09 bits per heavy atom. The molecule has 22 heavy (non-hydrogen) atoms. The van der Waals surface area contributed by atoms with E-state index in [0.717, 1.165) is 15.5 Å². The minimum Gasteiger partial charge on any atom is -0.493 e. The second-order valence-corrected chi connectivity index (χ2v) is 6.74. The fourth-order valence-electron chi connectivity index (χ4n) is 1.91. The molecule has 1 amide bonds. The summed E-state index contributed by atoms with van der Waals surface area (Å²) in [4.78, 5) is 12.2. The zero-order valence-corrected chi connectivity index (χ0v) is 13.6. The molecule has 0 saturated carbocycles. The van der Waals surface area contributed by atoms with Crippen LogP contribution in [0, 0.1) is 0 Å². The predicted octanol–water partition coefficient (Wildman–Crippen LogP) is 3.66. The molecule has 3 rings (SSSR count). The van der Waals surface area contributed by atoms with Crippen molar-refractivity contribution in [2.75, 3.05) is 18.2 Å². The Morgan fingerprint density at radius 2 is 2.32 bits per heavy atom. The molecular weight excluding hydrogens is 322 g/mol. The standard InChI is InChI=1S/C14H13N3O3S2/c1-3-21-14-17-16-13(22-14)15-12(18)10-7-8-5-4-6-9(19-2)11(8)20-10/h4-7H,3H2,1-2H3,(H,15,16,18). The van der Waals surface area contributed by atoms with Crippen LogP contribution < -0.4 is 10.1 Å². The van der Waals surface area contributed by atoms with Crippen molar-refractivity contribution in [3.8, 4) is 5.75 Å². The van der Waals surface area contributed by atoms with E-state index in [1.165, 1.54) is 11.3 Å². The van der Waals surface area contributed by atoms with Gasteiger partial charge in [0.25, 0.3) is 5.91 Å². The van der Waals surface area contributed by atoms with Crippen molar-refractivity contribution in [3.05, 3.63) is 30.0 Å². The average Bonchev–Trinajstić information content (AvgIpc) is 3.13. The lowest BCUT2D eigenvalue weighted by Crippen LogP contribution is -2.10. The summed E-state index contributed by atoms with van der Waals surface area (Å²) in [5.41, 5.74) is 0.551. The Bertz CT molecular complexity index is 813. The highest BCUT2D eigenvalue weighted by atomic mass is 32.2. The molecule has 0 radical (unpaired) electrons. The number of nitrogens with zero attached hydrogens (tertiary/aromatic N) is 2. The summed E-state index contributed by atoms with van der Waals surface area (Å²) in [6, 6.07) is 7.17. The summed E-state index contributed by atoms with van der Waals surface area (Å²) >= 11 is 2.92. The van der Waals surface area contributed by atoms with Crippen LogP contribution in [0.15, 0.2) is 33.0 Å². The van der Waals surface area contributed by atoms with Gasteiger partial charge in [-0.15, -0.1) is 10.2 Å². The van der Waals surface area contributed by atoms with Crippen molar-refractivity contribution in [1.82, 2.24) is 10.2 Å². The molecule has 0 spiro atoms. The lowest BCUT2D eigenvalue weighted by Gasteiger charge is -1.99. The van der Waals surface area contributed by atoms with Gasteiger partial charge in [0, 0.05) is 5.39 Å². The van der Waals surface area contributed by atoms with Crippen LogP contribution in [0.2, 0.25) is 0 Å². The van der Waals surface area contributed by atoms with Crippen LogP contribution in [-0.2, 0) is 0 Å². The molecule has 0 atom stereocenters. The zero-order chi connectivity index (χ0) is 15.5. The zero-order valence-electron chi connectivity index (χ0n) is 12.0. The number of aromatic nitrogens is 2. The maximum atomic E-state index is 12.2. The summed E-state index contributed by atoms with van der Waals surface area (Å²) < 4.78 is 11.6. The first-order chi connectivity index (χ1) is 10.7. The molecule has 0 aliphatic carbocycles. The van der Waals surface area contributed by atoms with E-state index in [-0.39, 0.29) is 11.7 Å². The number of benzene rings is 1. The third-order valence-corrected chi connectivity index (χ3v) is 4.70. The highest BCUT2D eigenvalue weighted by Crippen LogP contribution is 2.29. The minimum atomic E-state index is -0.359. The van der Waals surface area contributed by atoms with E-state index in [1.54, 1.807) is 31.0 Å². The third-order valence-electron chi connectivity index (χ3n) is 2.85. The van der Waals surface area contributed by atoms with Crippen LogP contribution >= 0.6 is 23.1 Å². The molecule has 2 heterocycles. The average molecular weight is 335 g/mol. The minimum absolute atomic E-state index is 0.208. The number of ether oxygens (including phenoxy) is 1. The molecular formula is C14H13N3O3S2. The van der Waals surface area contributed by atoms with Crippen LogP contribution in [0.4, 0.5) is 5.13 Å². The van der Waals surface area contributed by atoms with Crippen molar-refractivity contribution in [3.63, 3.8) is 0 Å². The fourth-order valence-corrected chi connectivity index (χ4v) is 3.55. The van der Waals surface area contributed by atoms with Crippen LogP contribution in [0.5, 0.6) is 5.75 Å². The van der Waals surface area contributed by atoms with E-state index in [4.69, 9.17) is 9.15 Å². The van der Waals surface area contributed by atoms with Gasteiger partial charge in [-0.25, -0.2) is 0 Å². The molecule has 0 aliphatic rings. The van der Waals surface area contributed by atoms with E-state index in [0.29, 0.717) is 16.5 Å². The molecule has 114 valence electrons. The third kappa shape index (κ3) is 2.93. The quantitative estimate of drug-likeness (QED) is 0.566. The molecule has 3 aromatic rings. The van der Waals surface area contributed by atoms with E-state index in [9.17, 15) is 4.79 Å². The summed E-state index contributed by atoms with van der Waals surface area (Å²) in [5.74, 6) is 1.35. The number of hydrogen-bond donors (Lipinski definition) is 1. The smallest absolute Gasteiger partial charge is 0.293 e. The number of methoxy groups -OCH3 is 1. The molecule has 1 aromatic carbocycles. The lowest BCUT2D eigenvalue weighted by atomic mass is 10.2. The molecule has 0 saturated heterocycles. The van der Waals surface area contributed by atoms with Gasteiger partial charge in [-0.2, -0.15) is 0 Å². The summed E-state index contributed by atoms with van der Waals surface area (Å²) in [7, 11) is 1.56. The highest BCUT2D eigenvalue weighted by molar-refractivity contribution is 8.01. The van der Waals surface area contributed by atoms with Gasteiger partial charge in [0.05, 0.1) is 7.11 Å². The lowest BCUT2D eigenvalue weighted by molar-refractivity contribution is 0.0998. The number of fused-ring (bicyclic) bond motifs is 1. The van der Waals surface area contributed by atoms with Crippen LogP contribution in [0.25, 0.3) is 11.0 Å². The second-order valence-electron chi connectivity index (χ2n) is 4.25. The summed E-state index contributed by atoms with van der Waals surface area (Å²) in [6.45, 7) is 2.03. The van der Waals surface area contributed by atoms with E-state index in [1.807, 2.05) is 19.1 Å². The van der Waals surface area contributed by atoms with Gasteiger partial charge in [-0.3, -0.25) is 10.1 Å². The van der Waals surface area contributed by atoms with Crippen molar-refractivity contribution >= 4 is 45.1 Å². The SMILES string of the molecule is CCSc1nnc(NC(=O)c2cc3cccc(OC)c3o2)s1. The number of carbonyl (C=O) groups is 1. The first-order valence-corrected chi connectivity index (χ1v) is 8.35. The van der Waals surface area contributed by atoms with Gasteiger partial charge in [0.1, 0.15) is 0 Å². The maximum Gasteiger partial charge on any atom is 0.293 e. The number of rotatable bonds is 5. The van der Waals surface area contributed by atoms with Crippen molar-refractivity contribution in [1.29, 1.82) is 0 Å². The number of carbonyl (C=O) groups excluding carboxylic acids is 1. The van der Waals surface area contributed by atoms with Gasteiger partial charge in [0.15, 0.2) is 21.4 Å². The van der Waals surface area contributed by atoms with Crippen LogP contribution in [-0.4, -0.2) is 29.0 Å². The summed E-state index contributed by atoms with van der Waals surface area (Å²) in [6.07, 6.45) is 0. The fraction of sp³-hybridized carbons (Fsp3) is 0.214. The molecule has 6 nitrogen and oxygen atoms in total. The van der Waals surface area contributed by atoms with Crippen LogP contribution in [0.3, 0.4) is 0 Å². The molecule has 1 N–H and O–H groups in total. The molecule has 8 heteroatoms. The topological polar surface area (TPSA) is 77.2 Å². The monoisotopic (exact) mass is 335 g/mol. The van der Waals surface area contributed by atoms with Crippen molar-refractivity contribution in [2.45, 2.75) is 11.3 Å². The Kier molecular flexibility index (Phi) is 4.30. The van der Waals surface area contributed by atoms with Crippen LogP contribution in [0.1, 0.15) is 17.5 Å². The van der Waals surface area contributed by atoms with Gasteiger partial charge in [-0.05, 0) is 17.9 Å². The van der Waals surface area contributed by atoms with Gasteiger partial charge in [-0.1, -0.05) is 42.2 Å². The first-order valence-electron chi connectivity index (χ1n) is 6.55. The molecule has 2 aromatic heterocycles. The number of amides is 1. The number of hydrogen-bond acceptors (Lipinski definition) is 7. The van der Waals surface area contributed by atoms with Gasteiger partial charge >= 0.3 is 0 Å². The number of anilines is 1. The molecule has 0 unspecified atom stereocenters. The van der Waals surface area contributed by atoms with Gasteiger partial charge in [0.2, 0.25) is 5.13 Å². The van der Waals surface area contributed by atoms with Crippen molar-refractivity contribution < 1.29 is 13.9 Å². The number of furan rings is 1. The van der Waals surface area contributed by atoms with E-state index in [2.05, 4.69) is 15.5 Å². The maximum absolute atomic E-state index is 12.2. The van der Waals surface area contributed by atoms with Crippen molar-refractivity contribution in [2.24, 2.45) is 0 Å². The molecule has 0 aliphatic heterocycles. The Hall–Kier alpha value is -2.06. The number of thioether (sulfide) groups is 1. The van der Waals surface area contributed by atoms with E-state index >= 15 is 0 Å². The second kappa shape index (κ2) is 6.37. The highest BCUT2D eigenvalue weighted by Gasteiger charge is 2.16. The Labute approximate surface area is 134 Å². The Balaban J connectivity index is 1.82. The number of nitrogens with one attached hydrogen (secondary N) is 1.